The summed E-state index contributed by atoms with van der Waals surface area (Å²) in [6, 6.07) is 26.0. The van der Waals surface area contributed by atoms with Crippen LogP contribution in [0.2, 0.25) is 0 Å². The molecular weight excluding hydrogens is 324 g/mol. The van der Waals surface area contributed by atoms with Crippen LogP contribution in [-0.4, -0.2) is 0 Å². The summed E-state index contributed by atoms with van der Waals surface area (Å²) in [4.78, 5) is 0. The molecule has 0 bridgehead atoms. The van der Waals surface area contributed by atoms with E-state index in [1.54, 1.807) is 0 Å². The fraction of sp³-hybridized carbons (Fsp3) is 0.259. The van der Waals surface area contributed by atoms with E-state index in [-0.39, 0.29) is 5.41 Å². The van der Waals surface area contributed by atoms with E-state index in [9.17, 15) is 0 Å². The molecule has 0 N–H and O–H groups in total. The van der Waals surface area contributed by atoms with Gasteiger partial charge in [0.15, 0.2) is 0 Å². The van der Waals surface area contributed by atoms with Crippen molar-refractivity contribution in [3.05, 3.63) is 83.9 Å². The normalized spacial score (nSPS) is 13.1. The van der Waals surface area contributed by atoms with Crippen molar-refractivity contribution in [2.45, 2.75) is 45.9 Å². The zero-order valence-corrected chi connectivity index (χ0v) is 16.9. The van der Waals surface area contributed by atoms with Crippen LogP contribution in [0, 0.1) is 0 Å². The van der Waals surface area contributed by atoms with Gasteiger partial charge in [0, 0.05) is 1.37 Å². The molecule has 0 nitrogen and oxygen atoms in total. The third kappa shape index (κ3) is 3.04. The van der Waals surface area contributed by atoms with Gasteiger partial charge in [-0.05, 0) is 55.1 Å². The van der Waals surface area contributed by atoms with Gasteiger partial charge in [0.05, 0.1) is 0 Å². The molecule has 0 aromatic heterocycles. The molecule has 4 rings (SSSR count). The van der Waals surface area contributed by atoms with Crippen molar-refractivity contribution in [1.82, 2.24) is 0 Å². The molecule has 0 atom stereocenters. The maximum absolute atomic E-state index is 8.87. The Kier molecular flexibility index (Phi) is 4.01. The lowest BCUT2D eigenvalue weighted by molar-refractivity contribution is 0.592. The Morgan fingerprint density at radius 3 is 1.74 bits per heavy atom. The van der Waals surface area contributed by atoms with Gasteiger partial charge in [-0.2, -0.15) is 0 Å². The molecule has 27 heavy (non-hydrogen) atoms. The maximum Gasteiger partial charge on any atom is 0.0347 e. The molecule has 0 heteroatoms. The third-order valence-corrected chi connectivity index (χ3v) is 5.45. The molecule has 4 aromatic rings. The number of fused-ring (bicyclic) bond motifs is 2. The highest BCUT2D eigenvalue weighted by molar-refractivity contribution is 6.08. The second kappa shape index (κ2) is 6.53. The molecule has 0 radical (unpaired) electrons. The van der Waals surface area contributed by atoms with E-state index in [1.165, 1.54) is 38.2 Å². The fourth-order valence-corrected chi connectivity index (χ4v) is 4.12. The topological polar surface area (TPSA) is 0 Å². The number of hydrogen-bond acceptors (Lipinski definition) is 0. The minimum Gasteiger partial charge on any atom is -0.0616 e. The molecule has 0 spiro atoms. The molecule has 0 unspecified atom stereocenters. The van der Waals surface area contributed by atoms with Crippen LogP contribution in [0.1, 0.15) is 53.0 Å². The van der Waals surface area contributed by atoms with Crippen molar-refractivity contribution in [3.8, 4) is 11.1 Å². The minimum atomic E-state index is -0.689. The molecular formula is C27H28. The van der Waals surface area contributed by atoms with E-state index in [4.69, 9.17) is 1.37 Å². The van der Waals surface area contributed by atoms with E-state index < -0.39 is 5.89 Å². The molecule has 0 heterocycles. The largest absolute Gasteiger partial charge is 0.0616 e. The lowest BCUT2D eigenvalue weighted by Crippen LogP contribution is -2.13. The van der Waals surface area contributed by atoms with Crippen molar-refractivity contribution in [3.63, 3.8) is 0 Å². The molecule has 0 saturated carbocycles. The zero-order valence-electron chi connectivity index (χ0n) is 17.9. The Bertz CT molecular complexity index is 1080. The van der Waals surface area contributed by atoms with Crippen LogP contribution in [0.15, 0.2) is 72.8 Å². The van der Waals surface area contributed by atoms with Gasteiger partial charge in [0.25, 0.3) is 0 Å². The van der Waals surface area contributed by atoms with Gasteiger partial charge in [-0.1, -0.05) is 107 Å². The van der Waals surface area contributed by atoms with Crippen LogP contribution < -0.4 is 0 Å². The first kappa shape index (κ1) is 16.6. The Morgan fingerprint density at radius 2 is 1.19 bits per heavy atom. The zero-order chi connectivity index (χ0) is 20.1. The summed E-state index contributed by atoms with van der Waals surface area (Å²) in [5, 5.41) is 4.95. The molecule has 136 valence electrons. The number of rotatable bonds is 2. The van der Waals surface area contributed by atoms with Crippen LogP contribution in [0.3, 0.4) is 0 Å². The smallest absolute Gasteiger partial charge is 0.0347 e. The lowest BCUT2D eigenvalue weighted by atomic mass is 9.77. The highest BCUT2D eigenvalue weighted by Gasteiger charge is 2.24. The average molecular weight is 354 g/mol. The quantitative estimate of drug-likeness (QED) is 0.341. The Morgan fingerprint density at radius 1 is 0.667 bits per heavy atom. The van der Waals surface area contributed by atoms with E-state index in [2.05, 4.69) is 93.6 Å². The maximum atomic E-state index is 8.87. The second-order valence-electron chi connectivity index (χ2n) is 8.67. The Labute approximate surface area is 164 Å². The van der Waals surface area contributed by atoms with Gasteiger partial charge < -0.3 is 0 Å². The van der Waals surface area contributed by atoms with Gasteiger partial charge in [-0.15, -0.1) is 0 Å². The van der Waals surface area contributed by atoms with Crippen LogP contribution in [0.5, 0.6) is 0 Å². The molecule has 0 fully saturated rings. The minimum absolute atomic E-state index is 0.000248. The van der Waals surface area contributed by atoms with E-state index in [0.29, 0.717) is 0 Å². The first-order valence-corrected chi connectivity index (χ1v) is 9.73. The molecule has 0 saturated heterocycles. The fourth-order valence-electron chi connectivity index (χ4n) is 4.12. The van der Waals surface area contributed by atoms with Gasteiger partial charge in [-0.25, -0.2) is 0 Å². The molecule has 0 aliphatic carbocycles. The SMILES string of the molecule is [2H]C(C)(C)c1ccc2ccccc2c1-c1c(C(C)(C)C)ccc2ccccc12. The van der Waals surface area contributed by atoms with Crippen LogP contribution in [0.4, 0.5) is 0 Å². The average Bonchev–Trinajstić information content (AvgIpc) is 2.64. The van der Waals surface area contributed by atoms with Gasteiger partial charge in [0.1, 0.15) is 0 Å². The van der Waals surface area contributed by atoms with Crippen molar-refractivity contribution >= 4 is 21.5 Å². The summed E-state index contributed by atoms with van der Waals surface area (Å²) in [6.07, 6.45) is 0. The number of benzene rings is 4. The van der Waals surface area contributed by atoms with Crippen LogP contribution >= 0.6 is 0 Å². The first-order valence-electron chi connectivity index (χ1n) is 10.2. The first-order chi connectivity index (χ1) is 13.2. The summed E-state index contributed by atoms with van der Waals surface area (Å²) in [7, 11) is 0. The monoisotopic (exact) mass is 353 g/mol. The van der Waals surface area contributed by atoms with E-state index in [0.717, 1.165) is 5.56 Å². The molecule has 0 aliphatic heterocycles. The summed E-state index contributed by atoms with van der Waals surface area (Å²) >= 11 is 0. The van der Waals surface area contributed by atoms with E-state index in [1.807, 2.05) is 13.8 Å². The summed E-state index contributed by atoms with van der Waals surface area (Å²) in [5.74, 6) is -0.689. The standard InChI is InChI=1S/C27H28/c1-18(2)21-16-14-19-10-6-8-12-22(19)25(21)26-23-13-9-7-11-20(23)15-17-24(26)27(3,4)5/h6-18H,1-5H3/i18D. The summed E-state index contributed by atoms with van der Waals surface area (Å²) in [5.41, 5.74) is 4.89. The number of hydrogen-bond donors (Lipinski definition) is 0. The molecule has 0 aliphatic rings. The van der Waals surface area contributed by atoms with Crippen LogP contribution in [-0.2, 0) is 5.41 Å². The third-order valence-electron chi connectivity index (χ3n) is 5.45. The molecule has 4 aromatic carbocycles. The van der Waals surface area contributed by atoms with Crippen molar-refractivity contribution < 1.29 is 1.37 Å². The lowest BCUT2D eigenvalue weighted by Gasteiger charge is -2.27. The van der Waals surface area contributed by atoms with Crippen LogP contribution in [0.25, 0.3) is 32.7 Å². The highest BCUT2D eigenvalue weighted by Crippen LogP contribution is 2.44. The predicted octanol–water partition coefficient (Wildman–Crippen LogP) is 8.08. The van der Waals surface area contributed by atoms with Gasteiger partial charge >= 0.3 is 0 Å². The second-order valence-corrected chi connectivity index (χ2v) is 8.67. The van der Waals surface area contributed by atoms with E-state index >= 15 is 0 Å². The summed E-state index contributed by atoms with van der Waals surface area (Å²) in [6.45, 7) is 10.8. The van der Waals surface area contributed by atoms with Crippen molar-refractivity contribution in [2.24, 2.45) is 0 Å². The summed E-state index contributed by atoms with van der Waals surface area (Å²) < 4.78 is 8.87. The van der Waals surface area contributed by atoms with Crippen molar-refractivity contribution in [2.75, 3.05) is 0 Å². The van der Waals surface area contributed by atoms with Gasteiger partial charge in [-0.3, -0.25) is 0 Å². The van der Waals surface area contributed by atoms with Gasteiger partial charge in [0.2, 0.25) is 0 Å². The molecule has 0 amide bonds. The predicted molar refractivity (Wildman–Crippen MR) is 120 cm³/mol. The Balaban J connectivity index is 2.27. The Hall–Kier alpha value is -2.60. The highest BCUT2D eigenvalue weighted by atomic mass is 14.3. The van der Waals surface area contributed by atoms with Crippen molar-refractivity contribution in [1.29, 1.82) is 0 Å².